The van der Waals surface area contributed by atoms with Gasteiger partial charge in [-0.2, -0.15) is 0 Å². The average molecular weight is 326 g/mol. The summed E-state index contributed by atoms with van der Waals surface area (Å²) in [6, 6.07) is 5.22. The number of nitrogens with one attached hydrogen (secondary N) is 1. The van der Waals surface area contributed by atoms with Crippen molar-refractivity contribution >= 4 is 23.0 Å². The summed E-state index contributed by atoms with van der Waals surface area (Å²) in [6.45, 7) is 3.77. The Morgan fingerprint density at radius 2 is 1.79 bits per heavy atom. The minimum atomic E-state index is -0.277. The first-order chi connectivity index (χ1) is 11.7. The van der Waals surface area contributed by atoms with Crippen LogP contribution in [0.2, 0.25) is 0 Å². The van der Waals surface area contributed by atoms with E-state index in [4.69, 9.17) is 0 Å². The third-order valence-electron chi connectivity index (χ3n) is 4.58. The zero-order chi connectivity index (χ0) is 16.5. The average Bonchev–Trinajstić information content (AvgIpc) is 3.10. The summed E-state index contributed by atoms with van der Waals surface area (Å²) < 4.78 is 0. The van der Waals surface area contributed by atoms with E-state index in [1.54, 1.807) is 24.5 Å². The standard InChI is InChI=1S/C16H18N6O2/c23-22(24)14-3-2-13-12(4-7-17-13)15(14)20-8-10-21(11-9-20)16-18-5-1-6-19-16/h1-3,5-6,17H,4,7-11H2. The molecule has 0 saturated carbocycles. The number of hydrogen-bond acceptors (Lipinski definition) is 7. The molecule has 8 nitrogen and oxygen atoms in total. The maximum Gasteiger partial charge on any atom is 0.292 e. The van der Waals surface area contributed by atoms with Crippen molar-refractivity contribution in [1.82, 2.24) is 9.97 Å². The molecule has 0 spiro atoms. The molecule has 1 aromatic carbocycles. The molecule has 24 heavy (non-hydrogen) atoms. The van der Waals surface area contributed by atoms with E-state index < -0.39 is 0 Å². The number of nitro benzene ring substituents is 1. The van der Waals surface area contributed by atoms with Crippen LogP contribution in [0.25, 0.3) is 0 Å². The quantitative estimate of drug-likeness (QED) is 0.678. The Morgan fingerprint density at radius 1 is 1.08 bits per heavy atom. The maximum atomic E-state index is 11.5. The van der Waals surface area contributed by atoms with Gasteiger partial charge in [0.2, 0.25) is 5.95 Å². The molecule has 0 aliphatic carbocycles. The Kier molecular flexibility index (Phi) is 3.64. The molecule has 2 aliphatic rings. The Labute approximate surface area is 139 Å². The lowest BCUT2D eigenvalue weighted by Gasteiger charge is -2.36. The number of fused-ring (bicyclic) bond motifs is 1. The van der Waals surface area contributed by atoms with Gasteiger partial charge in [0.1, 0.15) is 5.69 Å². The number of anilines is 3. The van der Waals surface area contributed by atoms with Crippen molar-refractivity contribution in [3.63, 3.8) is 0 Å². The second-order valence-electron chi connectivity index (χ2n) is 5.92. The first kappa shape index (κ1) is 14.7. The van der Waals surface area contributed by atoms with E-state index in [0.29, 0.717) is 5.95 Å². The molecular weight excluding hydrogens is 308 g/mol. The van der Waals surface area contributed by atoms with Crippen LogP contribution in [0.15, 0.2) is 30.6 Å². The Bertz CT molecular complexity index is 759. The molecule has 1 aromatic heterocycles. The molecule has 1 saturated heterocycles. The van der Waals surface area contributed by atoms with Crippen molar-refractivity contribution in [2.75, 3.05) is 47.8 Å². The van der Waals surface area contributed by atoms with Crippen molar-refractivity contribution < 1.29 is 4.92 Å². The van der Waals surface area contributed by atoms with Gasteiger partial charge in [0.05, 0.1) is 4.92 Å². The minimum absolute atomic E-state index is 0.196. The molecule has 8 heteroatoms. The third-order valence-corrected chi connectivity index (χ3v) is 4.58. The molecule has 0 atom stereocenters. The summed E-state index contributed by atoms with van der Waals surface area (Å²) in [5, 5.41) is 14.8. The van der Waals surface area contributed by atoms with Crippen molar-refractivity contribution in [2.45, 2.75) is 6.42 Å². The van der Waals surface area contributed by atoms with Crippen LogP contribution in [0.1, 0.15) is 5.56 Å². The van der Waals surface area contributed by atoms with Crippen LogP contribution in [0, 0.1) is 10.1 Å². The number of nitro groups is 1. The topological polar surface area (TPSA) is 87.4 Å². The molecule has 4 rings (SSSR count). The molecule has 1 N–H and O–H groups in total. The van der Waals surface area contributed by atoms with Gasteiger partial charge in [-0.25, -0.2) is 9.97 Å². The normalized spacial score (nSPS) is 16.7. The molecule has 0 amide bonds. The molecule has 0 radical (unpaired) electrons. The van der Waals surface area contributed by atoms with E-state index in [9.17, 15) is 10.1 Å². The second kappa shape index (κ2) is 5.95. The number of piperazine rings is 1. The predicted octanol–water partition coefficient (Wildman–Crippen LogP) is 1.68. The number of benzene rings is 1. The summed E-state index contributed by atoms with van der Waals surface area (Å²) in [5.74, 6) is 0.714. The van der Waals surface area contributed by atoms with Gasteiger partial charge < -0.3 is 15.1 Å². The van der Waals surface area contributed by atoms with Crippen LogP contribution in [0.3, 0.4) is 0 Å². The highest BCUT2D eigenvalue weighted by Gasteiger charge is 2.30. The van der Waals surface area contributed by atoms with Crippen molar-refractivity contribution in [3.05, 3.63) is 46.3 Å². The Balaban J connectivity index is 1.60. The SMILES string of the molecule is O=[N+]([O-])c1ccc2c(c1N1CCN(c3ncccn3)CC1)CCN2. The summed E-state index contributed by atoms with van der Waals surface area (Å²) in [5.41, 5.74) is 3.05. The van der Waals surface area contributed by atoms with Gasteiger partial charge in [0, 0.05) is 62.4 Å². The molecule has 0 unspecified atom stereocenters. The number of hydrogen-bond donors (Lipinski definition) is 1. The summed E-state index contributed by atoms with van der Waals surface area (Å²) in [7, 11) is 0. The number of aromatic nitrogens is 2. The van der Waals surface area contributed by atoms with Gasteiger partial charge >= 0.3 is 0 Å². The molecule has 3 heterocycles. The first-order valence-corrected chi connectivity index (χ1v) is 8.05. The van der Waals surface area contributed by atoms with E-state index in [2.05, 4.69) is 25.1 Å². The largest absolute Gasteiger partial charge is 0.384 e. The van der Waals surface area contributed by atoms with Crippen molar-refractivity contribution in [1.29, 1.82) is 0 Å². The maximum absolute atomic E-state index is 11.5. The van der Waals surface area contributed by atoms with Gasteiger partial charge in [-0.05, 0) is 18.6 Å². The predicted molar refractivity (Wildman–Crippen MR) is 91.7 cm³/mol. The van der Waals surface area contributed by atoms with Crippen LogP contribution in [0.5, 0.6) is 0 Å². The minimum Gasteiger partial charge on any atom is -0.384 e. The smallest absolute Gasteiger partial charge is 0.292 e. The Hall–Kier alpha value is -2.90. The summed E-state index contributed by atoms with van der Waals surface area (Å²) in [6.07, 6.45) is 4.29. The van der Waals surface area contributed by atoms with Gasteiger partial charge in [-0.1, -0.05) is 0 Å². The van der Waals surface area contributed by atoms with Crippen molar-refractivity contribution in [2.24, 2.45) is 0 Å². The molecule has 124 valence electrons. The zero-order valence-electron chi connectivity index (χ0n) is 13.2. The highest BCUT2D eigenvalue weighted by molar-refractivity contribution is 5.78. The Morgan fingerprint density at radius 3 is 2.50 bits per heavy atom. The lowest BCUT2D eigenvalue weighted by Crippen LogP contribution is -2.47. The monoisotopic (exact) mass is 326 g/mol. The van der Waals surface area contributed by atoms with Gasteiger partial charge in [0.25, 0.3) is 5.69 Å². The van der Waals surface area contributed by atoms with E-state index >= 15 is 0 Å². The molecular formula is C16H18N6O2. The molecule has 0 bridgehead atoms. The highest BCUT2D eigenvalue weighted by Crippen LogP contribution is 2.39. The second-order valence-corrected chi connectivity index (χ2v) is 5.92. The third kappa shape index (κ3) is 2.49. The van der Waals surface area contributed by atoms with E-state index in [1.165, 1.54) is 0 Å². The van der Waals surface area contributed by atoms with Crippen LogP contribution in [-0.2, 0) is 6.42 Å². The fourth-order valence-corrected chi connectivity index (χ4v) is 3.45. The summed E-state index contributed by atoms with van der Waals surface area (Å²) >= 11 is 0. The fraction of sp³-hybridized carbons (Fsp3) is 0.375. The van der Waals surface area contributed by atoms with Crippen LogP contribution in [0.4, 0.5) is 23.0 Å². The van der Waals surface area contributed by atoms with Gasteiger partial charge in [-0.15, -0.1) is 0 Å². The lowest BCUT2D eigenvalue weighted by molar-refractivity contribution is -0.384. The first-order valence-electron chi connectivity index (χ1n) is 8.05. The zero-order valence-corrected chi connectivity index (χ0v) is 13.2. The highest BCUT2D eigenvalue weighted by atomic mass is 16.6. The van der Waals surface area contributed by atoms with Gasteiger partial charge in [-0.3, -0.25) is 10.1 Å². The summed E-state index contributed by atoms with van der Waals surface area (Å²) in [4.78, 5) is 24.0. The number of rotatable bonds is 3. The van der Waals surface area contributed by atoms with Gasteiger partial charge in [0.15, 0.2) is 0 Å². The number of nitrogens with zero attached hydrogens (tertiary/aromatic N) is 5. The van der Waals surface area contributed by atoms with E-state index in [1.807, 2.05) is 6.07 Å². The lowest BCUT2D eigenvalue weighted by atomic mass is 10.1. The molecule has 2 aliphatic heterocycles. The molecule has 2 aromatic rings. The van der Waals surface area contributed by atoms with E-state index in [-0.39, 0.29) is 10.6 Å². The van der Waals surface area contributed by atoms with Crippen LogP contribution < -0.4 is 15.1 Å². The van der Waals surface area contributed by atoms with Crippen LogP contribution in [-0.4, -0.2) is 47.6 Å². The molecule has 1 fully saturated rings. The van der Waals surface area contributed by atoms with Crippen LogP contribution >= 0.6 is 0 Å². The van der Waals surface area contributed by atoms with E-state index in [0.717, 1.165) is 56.1 Å². The fourth-order valence-electron chi connectivity index (χ4n) is 3.45. The van der Waals surface area contributed by atoms with Crippen molar-refractivity contribution in [3.8, 4) is 0 Å².